The van der Waals surface area contributed by atoms with Crippen molar-refractivity contribution in [3.8, 4) is 0 Å². The molecule has 0 bridgehead atoms. The predicted octanol–water partition coefficient (Wildman–Crippen LogP) is 2.65. The number of aryl methyl sites for hydroxylation is 1. The van der Waals surface area contributed by atoms with Crippen LogP contribution in [0.15, 0.2) is 6.07 Å². The molecule has 88 valence electrons. The van der Waals surface area contributed by atoms with Gasteiger partial charge in [-0.05, 0) is 41.1 Å². The fourth-order valence-electron chi connectivity index (χ4n) is 1.38. The molecule has 0 atom stereocenters. The molecule has 0 N–H and O–H groups in total. The number of carbonyl (C=O) groups is 1. The Kier molecular flexibility index (Phi) is 4.57. The van der Waals surface area contributed by atoms with E-state index in [2.05, 4.69) is 9.72 Å². The molecule has 3 nitrogen and oxygen atoms in total. The molecule has 0 aliphatic rings. The molecular weight excluding hydrogens is 331 g/mol. The second-order valence-corrected chi connectivity index (χ2v) is 4.26. The van der Waals surface area contributed by atoms with Gasteiger partial charge in [-0.2, -0.15) is 0 Å². The zero-order valence-electron chi connectivity index (χ0n) is 8.76. The molecule has 0 radical (unpaired) electrons. The molecular formula is C10H10F2INO2. The van der Waals surface area contributed by atoms with Crippen LogP contribution in [-0.2, 0) is 16.0 Å². The van der Waals surface area contributed by atoms with Gasteiger partial charge in [0.15, 0.2) is 0 Å². The van der Waals surface area contributed by atoms with Crippen LogP contribution < -0.4 is 0 Å². The minimum absolute atomic E-state index is 0.157. The van der Waals surface area contributed by atoms with Gasteiger partial charge in [0.05, 0.1) is 13.5 Å². The maximum Gasteiger partial charge on any atom is 0.309 e. The summed E-state index contributed by atoms with van der Waals surface area (Å²) in [5.74, 6) is -0.539. The number of nitrogens with zero attached hydrogens (tertiary/aromatic N) is 1. The van der Waals surface area contributed by atoms with Gasteiger partial charge in [0.25, 0.3) is 6.43 Å². The number of hydrogen-bond acceptors (Lipinski definition) is 3. The number of aromatic nitrogens is 1. The third-order valence-electron chi connectivity index (χ3n) is 2.08. The molecule has 16 heavy (non-hydrogen) atoms. The number of methoxy groups -OCH3 is 1. The standard InChI is InChI=1S/C10H10F2INO2/c1-5-9(10(11)12)6(3-7(13)14-5)4-8(15)16-2/h3,10H,4H2,1-2H3. The van der Waals surface area contributed by atoms with E-state index in [1.165, 1.54) is 20.1 Å². The maximum absolute atomic E-state index is 12.8. The minimum Gasteiger partial charge on any atom is -0.469 e. The quantitative estimate of drug-likeness (QED) is 0.482. The molecule has 0 saturated heterocycles. The zero-order valence-corrected chi connectivity index (χ0v) is 10.9. The van der Waals surface area contributed by atoms with Crippen molar-refractivity contribution in [2.75, 3.05) is 7.11 Å². The molecule has 0 unspecified atom stereocenters. The lowest BCUT2D eigenvalue weighted by atomic mass is 10.0. The van der Waals surface area contributed by atoms with E-state index in [0.29, 0.717) is 3.70 Å². The van der Waals surface area contributed by atoms with Gasteiger partial charge in [0, 0.05) is 11.3 Å². The van der Waals surface area contributed by atoms with E-state index in [4.69, 9.17) is 0 Å². The number of ether oxygens (including phenoxy) is 1. The van der Waals surface area contributed by atoms with E-state index in [-0.39, 0.29) is 23.2 Å². The van der Waals surface area contributed by atoms with E-state index < -0.39 is 12.4 Å². The Hall–Kier alpha value is -0.790. The van der Waals surface area contributed by atoms with Crippen molar-refractivity contribution in [2.45, 2.75) is 19.8 Å². The van der Waals surface area contributed by atoms with Crippen LogP contribution in [0.5, 0.6) is 0 Å². The molecule has 1 aromatic rings. The molecule has 0 fully saturated rings. The summed E-state index contributed by atoms with van der Waals surface area (Å²) in [5.41, 5.74) is 0.352. The molecule has 0 aromatic carbocycles. The van der Waals surface area contributed by atoms with Gasteiger partial charge in [-0.15, -0.1) is 0 Å². The van der Waals surface area contributed by atoms with Crippen molar-refractivity contribution in [1.82, 2.24) is 4.98 Å². The molecule has 1 heterocycles. The lowest BCUT2D eigenvalue weighted by Crippen LogP contribution is -2.10. The maximum atomic E-state index is 12.8. The van der Waals surface area contributed by atoms with Gasteiger partial charge >= 0.3 is 5.97 Å². The van der Waals surface area contributed by atoms with Gasteiger partial charge in [-0.25, -0.2) is 13.8 Å². The Morgan fingerprint density at radius 3 is 2.75 bits per heavy atom. The summed E-state index contributed by atoms with van der Waals surface area (Å²) in [6.07, 6.45) is -2.79. The second kappa shape index (κ2) is 5.51. The van der Waals surface area contributed by atoms with E-state index >= 15 is 0 Å². The molecule has 0 aliphatic carbocycles. The first-order valence-corrected chi connectivity index (χ1v) is 5.54. The number of pyridine rings is 1. The van der Waals surface area contributed by atoms with Gasteiger partial charge in [-0.1, -0.05) is 0 Å². The average Bonchev–Trinajstić information content (AvgIpc) is 2.15. The van der Waals surface area contributed by atoms with Crippen molar-refractivity contribution >= 4 is 28.6 Å². The Morgan fingerprint density at radius 1 is 1.62 bits per heavy atom. The molecule has 0 saturated carbocycles. The first-order valence-electron chi connectivity index (χ1n) is 4.46. The van der Waals surface area contributed by atoms with Crippen LogP contribution in [0.3, 0.4) is 0 Å². The van der Waals surface area contributed by atoms with E-state index in [9.17, 15) is 13.6 Å². The van der Waals surface area contributed by atoms with Crippen LogP contribution in [0.25, 0.3) is 0 Å². The highest BCUT2D eigenvalue weighted by molar-refractivity contribution is 14.1. The van der Waals surface area contributed by atoms with Crippen molar-refractivity contribution in [2.24, 2.45) is 0 Å². The summed E-state index contributed by atoms with van der Waals surface area (Å²) in [6.45, 7) is 1.50. The van der Waals surface area contributed by atoms with Crippen molar-refractivity contribution in [3.63, 3.8) is 0 Å². The Bertz CT molecular complexity index is 410. The molecule has 6 heteroatoms. The zero-order chi connectivity index (χ0) is 12.3. The van der Waals surface area contributed by atoms with E-state index in [1.807, 2.05) is 22.6 Å². The van der Waals surface area contributed by atoms with E-state index in [0.717, 1.165) is 0 Å². The van der Waals surface area contributed by atoms with Crippen molar-refractivity contribution < 1.29 is 18.3 Å². The summed E-state index contributed by atoms with van der Waals surface area (Å²) in [4.78, 5) is 15.0. The number of alkyl halides is 2. The fourth-order valence-corrected chi connectivity index (χ4v) is 2.12. The van der Waals surface area contributed by atoms with Crippen LogP contribution in [0.2, 0.25) is 0 Å². The predicted molar refractivity (Wildman–Crippen MR) is 62.4 cm³/mol. The fraction of sp³-hybridized carbons (Fsp3) is 0.400. The lowest BCUT2D eigenvalue weighted by molar-refractivity contribution is -0.139. The summed E-state index contributed by atoms with van der Waals surface area (Å²) in [6, 6.07) is 1.48. The number of hydrogen-bond donors (Lipinski definition) is 0. The molecule has 1 aromatic heterocycles. The molecule has 0 spiro atoms. The highest BCUT2D eigenvalue weighted by Crippen LogP contribution is 2.27. The number of halogens is 3. The molecule has 0 aliphatic heterocycles. The van der Waals surface area contributed by atoms with Gasteiger partial charge in [0.1, 0.15) is 3.70 Å². The largest absolute Gasteiger partial charge is 0.469 e. The number of carbonyl (C=O) groups excluding carboxylic acids is 1. The summed E-state index contributed by atoms with van der Waals surface area (Å²) in [7, 11) is 1.23. The van der Waals surface area contributed by atoms with Crippen molar-refractivity contribution in [1.29, 1.82) is 0 Å². The summed E-state index contributed by atoms with van der Waals surface area (Å²) in [5, 5.41) is 0. The highest BCUT2D eigenvalue weighted by atomic mass is 127. The van der Waals surface area contributed by atoms with Crippen LogP contribution in [0.4, 0.5) is 8.78 Å². The van der Waals surface area contributed by atoms with Gasteiger partial charge in [0.2, 0.25) is 0 Å². The average molecular weight is 341 g/mol. The smallest absolute Gasteiger partial charge is 0.309 e. The SMILES string of the molecule is COC(=O)Cc1cc(I)nc(C)c1C(F)F. The normalized spacial score (nSPS) is 10.6. The first-order chi connectivity index (χ1) is 7.45. The monoisotopic (exact) mass is 341 g/mol. The van der Waals surface area contributed by atoms with Gasteiger partial charge < -0.3 is 4.74 Å². The van der Waals surface area contributed by atoms with Crippen molar-refractivity contribution in [3.05, 3.63) is 26.6 Å². The van der Waals surface area contributed by atoms with E-state index in [1.54, 1.807) is 0 Å². The third kappa shape index (κ3) is 3.10. The molecule has 0 amide bonds. The molecule has 1 rings (SSSR count). The number of esters is 1. The van der Waals surface area contributed by atoms with Gasteiger partial charge in [-0.3, -0.25) is 4.79 Å². The summed E-state index contributed by atoms with van der Waals surface area (Å²) >= 11 is 1.92. The van der Waals surface area contributed by atoms with Crippen LogP contribution in [-0.4, -0.2) is 18.1 Å². The van der Waals surface area contributed by atoms with Crippen LogP contribution >= 0.6 is 22.6 Å². The number of rotatable bonds is 3. The topological polar surface area (TPSA) is 39.2 Å². The summed E-state index contributed by atoms with van der Waals surface area (Å²) < 4.78 is 30.6. The van der Waals surface area contributed by atoms with Crippen LogP contribution in [0.1, 0.15) is 23.2 Å². The lowest BCUT2D eigenvalue weighted by Gasteiger charge is -2.11. The van der Waals surface area contributed by atoms with Crippen LogP contribution in [0, 0.1) is 10.6 Å². The Labute approximate surface area is 105 Å². The Balaban J connectivity index is 3.18. The first kappa shape index (κ1) is 13.3. The minimum atomic E-state index is -2.64. The highest BCUT2D eigenvalue weighted by Gasteiger charge is 2.19. The Morgan fingerprint density at radius 2 is 2.25 bits per heavy atom. The second-order valence-electron chi connectivity index (χ2n) is 3.16. The third-order valence-corrected chi connectivity index (χ3v) is 2.64.